The fraction of sp³-hybridized carbons (Fsp3) is 0.143. The zero-order chi connectivity index (χ0) is 12.4. The molecule has 0 fully saturated rings. The van der Waals surface area contributed by atoms with Gasteiger partial charge in [0, 0.05) is 8.95 Å². The van der Waals surface area contributed by atoms with Crippen molar-refractivity contribution in [2.45, 2.75) is 12.3 Å². The average molecular weight is 375 g/mol. The molecule has 88 valence electrons. The Hall–Kier alpha value is -0.310. The fourth-order valence-corrected chi connectivity index (χ4v) is 3.16. The van der Waals surface area contributed by atoms with Crippen molar-refractivity contribution in [3.8, 4) is 0 Å². The number of aryl methyl sites for hydroxylation is 1. The van der Waals surface area contributed by atoms with Crippen molar-refractivity contribution in [1.82, 2.24) is 0 Å². The predicted molar refractivity (Wildman–Crippen MR) is 80.7 cm³/mol. The van der Waals surface area contributed by atoms with Crippen LogP contribution >= 0.6 is 43.5 Å². The smallest absolute Gasteiger partial charge is 0.0846 e. The van der Waals surface area contributed by atoms with Crippen LogP contribution in [-0.2, 0) is 0 Å². The Bertz CT molecular complexity index is 523. The maximum atomic E-state index is 6.51. The molecule has 0 aliphatic carbocycles. The Balaban J connectivity index is 2.44. The Kier molecular flexibility index (Phi) is 4.29. The van der Waals surface area contributed by atoms with E-state index < -0.39 is 0 Å². The van der Waals surface area contributed by atoms with E-state index in [0.717, 1.165) is 20.1 Å². The molecule has 1 unspecified atom stereocenters. The van der Waals surface area contributed by atoms with Crippen LogP contribution < -0.4 is 0 Å². The molecule has 0 heterocycles. The maximum absolute atomic E-state index is 6.51. The molecule has 2 rings (SSSR count). The highest BCUT2D eigenvalue weighted by Gasteiger charge is 2.15. The van der Waals surface area contributed by atoms with Gasteiger partial charge in [0.15, 0.2) is 0 Å². The quantitative estimate of drug-likeness (QED) is 0.579. The standard InChI is InChI=1S/C14H11Br2Cl/c1-9-7-13(16)11(8-12(9)15)14(17)10-5-3-2-4-6-10/h2-8,14H,1H3. The van der Waals surface area contributed by atoms with E-state index >= 15 is 0 Å². The van der Waals surface area contributed by atoms with Crippen molar-refractivity contribution >= 4 is 43.5 Å². The van der Waals surface area contributed by atoms with Gasteiger partial charge in [0.25, 0.3) is 0 Å². The van der Waals surface area contributed by atoms with E-state index in [1.165, 1.54) is 5.56 Å². The summed E-state index contributed by atoms with van der Waals surface area (Å²) in [5.74, 6) is 0. The normalized spacial score (nSPS) is 12.5. The summed E-state index contributed by atoms with van der Waals surface area (Å²) in [5.41, 5.74) is 3.37. The zero-order valence-corrected chi connectivity index (χ0v) is 13.2. The van der Waals surface area contributed by atoms with E-state index in [4.69, 9.17) is 11.6 Å². The first-order chi connectivity index (χ1) is 8.09. The van der Waals surface area contributed by atoms with Crippen LogP contribution in [0.5, 0.6) is 0 Å². The molecule has 0 radical (unpaired) electrons. The summed E-state index contributed by atoms with van der Waals surface area (Å²) in [4.78, 5) is 0. The van der Waals surface area contributed by atoms with Crippen LogP contribution in [0.1, 0.15) is 22.1 Å². The van der Waals surface area contributed by atoms with E-state index in [1.54, 1.807) is 0 Å². The Morgan fingerprint density at radius 2 is 1.65 bits per heavy atom. The van der Waals surface area contributed by atoms with Gasteiger partial charge in [0.1, 0.15) is 0 Å². The first kappa shape index (κ1) is 13.1. The highest BCUT2D eigenvalue weighted by Crippen LogP contribution is 2.36. The minimum Gasteiger partial charge on any atom is -0.113 e. The summed E-state index contributed by atoms with van der Waals surface area (Å²) < 4.78 is 2.12. The molecule has 0 aliphatic heterocycles. The van der Waals surface area contributed by atoms with E-state index in [0.29, 0.717) is 0 Å². The number of halogens is 3. The summed E-state index contributed by atoms with van der Waals surface area (Å²) in [7, 11) is 0. The molecule has 2 aromatic rings. The minimum absolute atomic E-state index is 0.137. The van der Waals surface area contributed by atoms with Gasteiger partial charge in [-0.25, -0.2) is 0 Å². The van der Waals surface area contributed by atoms with E-state index in [9.17, 15) is 0 Å². The Morgan fingerprint density at radius 1 is 1.00 bits per heavy atom. The van der Waals surface area contributed by atoms with Crippen LogP contribution in [0.3, 0.4) is 0 Å². The fourth-order valence-electron chi connectivity index (χ4n) is 1.66. The lowest BCUT2D eigenvalue weighted by molar-refractivity contribution is 1.12. The number of alkyl halides is 1. The van der Waals surface area contributed by atoms with Gasteiger partial charge in [-0.15, -0.1) is 11.6 Å². The zero-order valence-electron chi connectivity index (χ0n) is 9.25. The summed E-state index contributed by atoms with van der Waals surface area (Å²) >= 11 is 13.6. The van der Waals surface area contributed by atoms with Gasteiger partial charge >= 0.3 is 0 Å². The van der Waals surface area contributed by atoms with E-state index in [1.807, 2.05) is 30.3 Å². The van der Waals surface area contributed by atoms with Gasteiger partial charge < -0.3 is 0 Å². The summed E-state index contributed by atoms with van der Waals surface area (Å²) in [5, 5.41) is -0.137. The molecule has 0 nitrogen and oxygen atoms in total. The summed E-state index contributed by atoms with van der Waals surface area (Å²) in [6, 6.07) is 14.2. The number of benzene rings is 2. The van der Waals surface area contributed by atoms with Crippen LogP contribution in [0, 0.1) is 6.92 Å². The van der Waals surface area contributed by atoms with Gasteiger partial charge in [-0.05, 0) is 35.7 Å². The molecule has 0 amide bonds. The number of hydrogen-bond donors (Lipinski definition) is 0. The maximum Gasteiger partial charge on any atom is 0.0846 e. The van der Waals surface area contributed by atoms with Gasteiger partial charge in [0.05, 0.1) is 5.38 Å². The molecule has 0 saturated carbocycles. The van der Waals surface area contributed by atoms with Crippen molar-refractivity contribution < 1.29 is 0 Å². The molecule has 0 bridgehead atoms. The molecule has 0 saturated heterocycles. The van der Waals surface area contributed by atoms with Crippen molar-refractivity contribution in [2.75, 3.05) is 0 Å². The van der Waals surface area contributed by atoms with Crippen molar-refractivity contribution in [3.63, 3.8) is 0 Å². The second-order valence-electron chi connectivity index (χ2n) is 3.90. The van der Waals surface area contributed by atoms with Crippen molar-refractivity contribution in [2.24, 2.45) is 0 Å². The van der Waals surface area contributed by atoms with Crippen molar-refractivity contribution in [1.29, 1.82) is 0 Å². The highest BCUT2D eigenvalue weighted by molar-refractivity contribution is 9.11. The molecule has 0 N–H and O–H groups in total. The largest absolute Gasteiger partial charge is 0.113 e. The SMILES string of the molecule is Cc1cc(Br)c(C(Cl)c2ccccc2)cc1Br. The van der Waals surface area contributed by atoms with Crippen LogP contribution in [0.25, 0.3) is 0 Å². The van der Waals surface area contributed by atoms with Gasteiger partial charge in [-0.2, -0.15) is 0 Å². The second kappa shape index (κ2) is 5.55. The lowest BCUT2D eigenvalue weighted by Crippen LogP contribution is -1.95. The Morgan fingerprint density at radius 3 is 2.29 bits per heavy atom. The van der Waals surface area contributed by atoms with Crippen LogP contribution in [0.4, 0.5) is 0 Å². The molecule has 3 heteroatoms. The van der Waals surface area contributed by atoms with E-state index in [2.05, 4.69) is 50.9 Å². The minimum atomic E-state index is -0.137. The van der Waals surface area contributed by atoms with Gasteiger partial charge in [0.2, 0.25) is 0 Å². The number of hydrogen-bond acceptors (Lipinski definition) is 0. The third kappa shape index (κ3) is 2.93. The third-order valence-corrected chi connectivity index (χ3v) is 4.67. The first-order valence-electron chi connectivity index (χ1n) is 5.24. The lowest BCUT2D eigenvalue weighted by Gasteiger charge is -2.14. The molecular weight excluding hydrogens is 363 g/mol. The molecule has 0 aromatic heterocycles. The Labute approximate surface area is 123 Å². The monoisotopic (exact) mass is 372 g/mol. The van der Waals surface area contributed by atoms with Gasteiger partial charge in [-0.3, -0.25) is 0 Å². The lowest BCUT2D eigenvalue weighted by atomic mass is 10.0. The van der Waals surface area contributed by atoms with Crippen LogP contribution in [0.15, 0.2) is 51.4 Å². The van der Waals surface area contributed by atoms with Crippen molar-refractivity contribution in [3.05, 3.63) is 68.1 Å². The summed E-state index contributed by atoms with van der Waals surface area (Å²) in [6.07, 6.45) is 0. The molecule has 0 spiro atoms. The third-order valence-electron chi connectivity index (χ3n) is 2.64. The molecule has 0 aliphatic rings. The van der Waals surface area contributed by atoms with Crippen LogP contribution in [0.2, 0.25) is 0 Å². The molecule has 1 atom stereocenters. The van der Waals surface area contributed by atoms with E-state index in [-0.39, 0.29) is 5.38 Å². The topological polar surface area (TPSA) is 0 Å². The second-order valence-corrected chi connectivity index (χ2v) is 6.04. The first-order valence-corrected chi connectivity index (χ1v) is 7.26. The van der Waals surface area contributed by atoms with Gasteiger partial charge in [-0.1, -0.05) is 62.2 Å². The molecule has 2 aromatic carbocycles. The molecule has 17 heavy (non-hydrogen) atoms. The van der Waals surface area contributed by atoms with Crippen LogP contribution in [-0.4, -0.2) is 0 Å². The highest BCUT2D eigenvalue weighted by atomic mass is 79.9. The number of rotatable bonds is 2. The summed E-state index contributed by atoms with van der Waals surface area (Å²) in [6.45, 7) is 2.06. The average Bonchev–Trinajstić information content (AvgIpc) is 2.34. The predicted octanol–water partition coefficient (Wildman–Crippen LogP) is 5.85. The molecular formula is C14H11Br2Cl.